The first kappa shape index (κ1) is 30.8. The van der Waals surface area contributed by atoms with Crippen LogP contribution < -0.4 is 10.5 Å². The molecular weight excluding hydrogens is 638 g/mol. The van der Waals surface area contributed by atoms with Gasteiger partial charge in [0.25, 0.3) is 5.91 Å². The molecule has 1 atom stereocenters. The van der Waals surface area contributed by atoms with Gasteiger partial charge in [-0.3, -0.25) is 9.36 Å². The number of benzene rings is 3. The zero-order valence-corrected chi connectivity index (χ0v) is 25.3. The molecule has 0 spiro atoms. The number of nitrogens with one attached hydrogen (secondary N) is 1. The molecule has 216 valence electrons. The van der Waals surface area contributed by atoms with Gasteiger partial charge in [0.2, 0.25) is 10.0 Å². The van der Waals surface area contributed by atoms with Gasteiger partial charge in [0.05, 0.1) is 29.5 Å². The van der Waals surface area contributed by atoms with Crippen LogP contribution in [0.4, 0.5) is 4.39 Å². The lowest BCUT2D eigenvalue weighted by atomic mass is 10.1. The van der Waals surface area contributed by atoms with Crippen LogP contribution in [-0.4, -0.2) is 37.3 Å². The van der Waals surface area contributed by atoms with Crippen molar-refractivity contribution in [2.75, 3.05) is 13.2 Å². The molecule has 14 heteroatoms. The number of hydrogen-bond acceptors (Lipinski definition) is 7. The first-order chi connectivity index (χ1) is 19.5. The second-order valence-corrected chi connectivity index (χ2v) is 13.2. The van der Waals surface area contributed by atoms with E-state index < -0.39 is 35.1 Å². The maximum absolute atomic E-state index is 14.9. The van der Waals surface area contributed by atoms with E-state index in [2.05, 4.69) is 26.3 Å². The number of rotatable bonds is 11. The molecule has 4 aromatic rings. The van der Waals surface area contributed by atoms with E-state index in [0.29, 0.717) is 11.3 Å². The van der Waals surface area contributed by atoms with Crippen molar-refractivity contribution >= 4 is 39.5 Å². The SMILES string of the molecule is CCOP(=O)(OCC)C(NC(=O)c1cc(-c2ccccc2F)n(-c2ccc(S(N)(=O)=O)cc2)n1)c1ccc(Br)cc1. The molecule has 1 unspecified atom stereocenters. The van der Waals surface area contributed by atoms with E-state index in [9.17, 15) is 22.2 Å². The normalized spacial score (nSPS) is 12.7. The predicted molar refractivity (Wildman–Crippen MR) is 156 cm³/mol. The second kappa shape index (κ2) is 12.8. The van der Waals surface area contributed by atoms with Crippen LogP contribution in [0.3, 0.4) is 0 Å². The Hall–Kier alpha value is -3.19. The molecule has 0 fully saturated rings. The lowest BCUT2D eigenvalue weighted by Gasteiger charge is -2.27. The Morgan fingerprint density at radius 1 is 1.05 bits per heavy atom. The van der Waals surface area contributed by atoms with Gasteiger partial charge in [0, 0.05) is 10.0 Å². The summed E-state index contributed by atoms with van der Waals surface area (Å²) >= 11 is 3.37. The number of primary sulfonamides is 1. The Bertz CT molecular complexity index is 1690. The van der Waals surface area contributed by atoms with E-state index in [1.165, 1.54) is 53.2 Å². The highest BCUT2D eigenvalue weighted by atomic mass is 79.9. The minimum atomic E-state index is -3.95. The molecule has 3 aromatic carbocycles. The Kier molecular flexibility index (Phi) is 9.58. The van der Waals surface area contributed by atoms with Crippen LogP contribution in [0.25, 0.3) is 16.9 Å². The van der Waals surface area contributed by atoms with Gasteiger partial charge < -0.3 is 14.4 Å². The number of carbonyl (C=O) groups is 1. The highest BCUT2D eigenvalue weighted by Crippen LogP contribution is 2.59. The molecule has 0 saturated heterocycles. The quantitative estimate of drug-likeness (QED) is 0.193. The fourth-order valence-electron chi connectivity index (χ4n) is 4.06. The zero-order chi connectivity index (χ0) is 29.8. The lowest BCUT2D eigenvalue weighted by Crippen LogP contribution is -2.30. The minimum absolute atomic E-state index is 0.0702. The highest BCUT2D eigenvalue weighted by molar-refractivity contribution is 9.10. The Balaban J connectivity index is 1.80. The van der Waals surface area contributed by atoms with Gasteiger partial charge in [-0.05, 0) is 74.0 Å². The number of amides is 1. The molecule has 4 rings (SSSR count). The van der Waals surface area contributed by atoms with Crippen LogP contribution in [0.15, 0.2) is 88.2 Å². The molecule has 1 heterocycles. The van der Waals surface area contributed by atoms with Gasteiger partial charge in [0.15, 0.2) is 11.5 Å². The molecule has 41 heavy (non-hydrogen) atoms. The monoisotopic (exact) mass is 664 g/mol. The summed E-state index contributed by atoms with van der Waals surface area (Å²) in [6, 6.07) is 19.6. The maximum Gasteiger partial charge on any atom is 0.357 e. The summed E-state index contributed by atoms with van der Waals surface area (Å²) in [7, 11) is -7.85. The fraction of sp³-hybridized carbons (Fsp3) is 0.185. The number of hydrogen-bond donors (Lipinski definition) is 2. The molecule has 0 aliphatic carbocycles. The first-order valence-electron chi connectivity index (χ1n) is 12.4. The molecule has 1 amide bonds. The number of nitrogens with zero attached hydrogens (tertiary/aromatic N) is 2. The summed E-state index contributed by atoms with van der Waals surface area (Å²) in [6.45, 7) is 3.47. The van der Waals surface area contributed by atoms with Gasteiger partial charge in [-0.15, -0.1) is 0 Å². The third-order valence-electron chi connectivity index (χ3n) is 5.89. The largest absolute Gasteiger partial charge is 0.357 e. The molecule has 0 aliphatic heterocycles. The summed E-state index contributed by atoms with van der Waals surface area (Å²) in [4.78, 5) is 13.5. The molecular formula is C27H27BrFN4O6PS. The smallest absolute Gasteiger partial charge is 0.333 e. The van der Waals surface area contributed by atoms with Crippen LogP contribution >= 0.6 is 23.5 Å². The van der Waals surface area contributed by atoms with E-state index in [1.807, 2.05) is 0 Å². The first-order valence-corrected chi connectivity index (χ1v) is 16.3. The van der Waals surface area contributed by atoms with Crippen molar-refractivity contribution in [2.24, 2.45) is 5.14 Å². The number of carbonyl (C=O) groups excluding carboxylic acids is 1. The average molecular weight is 665 g/mol. The third-order valence-corrected chi connectivity index (χ3v) is 9.64. The number of sulfonamides is 1. The van der Waals surface area contributed by atoms with E-state index in [0.717, 1.165) is 4.47 Å². The zero-order valence-electron chi connectivity index (χ0n) is 22.0. The molecule has 0 aliphatic rings. The Labute approximate surface area is 245 Å². The van der Waals surface area contributed by atoms with Gasteiger partial charge in [-0.25, -0.2) is 22.6 Å². The van der Waals surface area contributed by atoms with Crippen molar-refractivity contribution in [1.29, 1.82) is 0 Å². The van der Waals surface area contributed by atoms with Crippen molar-refractivity contribution in [1.82, 2.24) is 15.1 Å². The van der Waals surface area contributed by atoms with E-state index >= 15 is 0 Å². The van der Waals surface area contributed by atoms with Crippen LogP contribution in [0.5, 0.6) is 0 Å². The highest BCUT2D eigenvalue weighted by Gasteiger charge is 2.39. The lowest BCUT2D eigenvalue weighted by molar-refractivity contribution is 0.0931. The average Bonchev–Trinajstić information content (AvgIpc) is 3.38. The van der Waals surface area contributed by atoms with Crippen molar-refractivity contribution < 1.29 is 31.2 Å². The van der Waals surface area contributed by atoms with Crippen molar-refractivity contribution in [3.05, 3.63) is 100 Å². The summed E-state index contributed by atoms with van der Waals surface area (Å²) < 4.78 is 65.3. The minimum Gasteiger partial charge on any atom is -0.333 e. The van der Waals surface area contributed by atoms with Crippen molar-refractivity contribution in [3.63, 3.8) is 0 Å². The summed E-state index contributed by atoms with van der Waals surface area (Å²) in [5.41, 5.74) is 1.05. The van der Waals surface area contributed by atoms with E-state index in [4.69, 9.17) is 14.2 Å². The van der Waals surface area contributed by atoms with Crippen LogP contribution in [-0.2, 0) is 23.6 Å². The fourth-order valence-corrected chi connectivity index (χ4v) is 6.75. The molecule has 3 N–H and O–H groups in total. The molecule has 0 radical (unpaired) electrons. The van der Waals surface area contributed by atoms with Gasteiger partial charge in [0.1, 0.15) is 5.82 Å². The maximum atomic E-state index is 14.9. The van der Waals surface area contributed by atoms with Crippen LogP contribution in [0.1, 0.15) is 35.7 Å². The summed E-state index contributed by atoms with van der Waals surface area (Å²) in [5, 5.41) is 12.3. The van der Waals surface area contributed by atoms with Crippen molar-refractivity contribution in [3.8, 4) is 16.9 Å². The standard InChI is InChI=1S/C27H27BrFN4O6PS/c1-3-38-40(35,39-4-2)27(18-9-11-19(28)12-10-18)31-26(34)24-17-25(22-7-5-6-8-23(22)29)33(32-24)20-13-15-21(16-14-20)41(30,36)37/h5-17,27H,3-4H2,1-2H3,(H,31,34)(H2,30,36,37). The second-order valence-electron chi connectivity index (χ2n) is 8.65. The molecule has 0 bridgehead atoms. The molecule has 1 aromatic heterocycles. The van der Waals surface area contributed by atoms with Gasteiger partial charge in [-0.2, -0.15) is 5.10 Å². The van der Waals surface area contributed by atoms with Crippen LogP contribution in [0, 0.1) is 5.82 Å². The number of halogens is 2. The third kappa shape index (κ3) is 7.00. The Morgan fingerprint density at radius 3 is 2.22 bits per heavy atom. The molecule has 0 saturated carbocycles. The summed E-state index contributed by atoms with van der Waals surface area (Å²) in [5.74, 6) is -2.47. The van der Waals surface area contributed by atoms with Crippen LogP contribution in [0.2, 0.25) is 0 Å². The molecule has 10 nitrogen and oxygen atoms in total. The van der Waals surface area contributed by atoms with E-state index in [-0.39, 0.29) is 35.1 Å². The van der Waals surface area contributed by atoms with E-state index in [1.54, 1.807) is 44.2 Å². The predicted octanol–water partition coefficient (Wildman–Crippen LogP) is 5.78. The van der Waals surface area contributed by atoms with Crippen molar-refractivity contribution in [2.45, 2.75) is 24.5 Å². The summed E-state index contributed by atoms with van der Waals surface area (Å²) in [6.07, 6.45) is 0. The van der Waals surface area contributed by atoms with Gasteiger partial charge >= 0.3 is 7.60 Å². The number of nitrogens with two attached hydrogens (primary N) is 1. The van der Waals surface area contributed by atoms with Gasteiger partial charge in [-0.1, -0.05) is 40.2 Å². The number of aromatic nitrogens is 2. The topological polar surface area (TPSA) is 143 Å². The Morgan fingerprint density at radius 2 is 1.66 bits per heavy atom.